The Labute approximate surface area is 139 Å². The molecule has 2 saturated heterocycles. The van der Waals surface area contributed by atoms with Crippen LogP contribution >= 0.6 is 11.6 Å². The molecular formula is C16H19ClN4O2. The van der Waals surface area contributed by atoms with Crippen molar-refractivity contribution in [3.8, 4) is 17.1 Å². The molecule has 0 spiro atoms. The number of aromatic nitrogens is 2. The summed E-state index contributed by atoms with van der Waals surface area (Å²) in [6.07, 6.45) is 3.67. The van der Waals surface area contributed by atoms with Crippen molar-refractivity contribution in [2.75, 3.05) is 25.9 Å². The number of benzene rings is 1. The third kappa shape index (κ3) is 2.56. The number of rotatable bonds is 3. The predicted molar refractivity (Wildman–Crippen MR) is 87.7 cm³/mol. The van der Waals surface area contributed by atoms with Crippen molar-refractivity contribution < 1.29 is 9.26 Å². The van der Waals surface area contributed by atoms with Crippen LogP contribution in [0.5, 0.6) is 5.75 Å². The molecular weight excluding hydrogens is 316 g/mol. The highest BCUT2D eigenvalue weighted by Gasteiger charge is 2.38. The largest absolute Gasteiger partial charge is 0.496 e. The molecule has 2 N–H and O–H groups in total. The van der Waals surface area contributed by atoms with Gasteiger partial charge < -0.3 is 15.0 Å². The molecule has 2 fully saturated rings. The molecule has 0 aliphatic carbocycles. The molecule has 4 rings (SSSR count). The smallest absolute Gasteiger partial charge is 0.231 e. The molecule has 1 aromatic heterocycles. The van der Waals surface area contributed by atoms with Crippen LogP contribution in [0.2, 0.25) is 5.02 Å². The molecule has 3 heterocycles. The Morgan fingerprint density at radius 2 is 2.30 bits per heavy atom. The first-order chi connectivity index (χ1) is 11.2. The van der Waals surface area contributed by atoms with Gasteiger partial charge in [0.2, 0.25) is 11.7 Å². The van der Waals surface area contributed by atoms with E-state index in [1.54, 1.807) is 19.2 Å². The third-order valence-electron chi connectivity index (χ3n) is 4.86. The van der Waals surface area contributed by atoms with E-state index in [0.717, 1.165) is 13.0 Å². The van der Waals surface area contributed by atoms with Crippen LogP contribution in [-0.2, 0) is 0 Å². The highest BCUT2D eigenvalue weighted by atomic mass is 35.5. The predicted octanol–water partition coefficient (Wildman–Crippen LogP) is 2.93. The van der Waals surface area contributed by atoms with E-state index in [-0.39, 0.29) is 0 Å². The van der Waals surface area contributed by atoms with Crippen LogP contribution in [0, 0.1) is 0 Å². The summed E-state index contributed by atoms with van der Waals surface area (Å²) in [6, 6.07) is 4.08. The van der Waals surface area contributed by atoms with Gasteiger partial charge in [-0.15, -0.1) is 0 Å². The maximum absolute atomic E-state index is 6.12. The van der Waals surface area contributed by atoms with Crippen molar-refractivity contribution >= 4 is 17.3 Å². The van der Waals surface area contributed by atoms with Gasteiger partial charge in [-0.1, -0.05) is 16.8 Å². The van der Waals surface area contributed by atoms with Gasteiger partial charge in [0.15, 0.2) is 0 Å². The molecule has 23 heavy (non-hydrogen) atoms. The number of anilines is 1. The molecule has 2 aromatic rings. The summed E-state index contributed by atoms with van der Waals surface area (Å²) in [7, 11) is 1.58. The summed E-state index contributed by atoms with van der Waals surface area (Å²) in [4.78, 5) is 7.11. The number of halogens is 1. The topological polar surface area (TPSA) is 77.4 Å². The van der Waals surface area contributed by atoms with E-state index in [2.05, 4.69) is 15.0 Å². The fourth-order valence-corrected chi connectivity index (χ4v) is 3.85. The molecule has 7 heteroatoms. The zero-order valence-corrected chi connectivity index (χ0v) is 13.7. The van der Waals surface area contributed by atoms with E-state index < -0.39 is 0 Å². The number of nitrogens with zero attached hydrogens (tertiary/aromatic N) is 3. The molecule has 1 aromatic carbocycles. The lowest BCUT2D eigenvalue weighted by atomic mass is 10.0. The highest BCUT2D eigenvalue weighted by molar-refractivity contribution is 6.33. The SMILES string of the molecule is COc1cc(N)c(Cl)cc1-c1noc(C2CC3CCCN3C2)n1. The van der Waals surface area contributed by atoms with Gasteiger partial charge in [0.1, 0.15) is 5.75 Å². The molecule has 6 nitrogen and oxygen atoms in total. The van der Waals surface area contributed by atoms with E-state index in [0.29, 0.717) is 45.7 Å². The standard InChI is InChI=1S/C16H19ClN4O2/c1-22-14-7-13(18)12(17)6-11(14)15-19-16(23-20-15)9-5-10-3-2-4-21(10)8-9/h6-7,9-10H,2-5,8,18H2,1H3. The normalized spacial score (nSPS) is 24.1. The van der Waals surface area contributed by atoms with Gasteiger partial charge in [0.05, 0.1) is 29.3 Å². The molecule has 2 unspecified atom stereocenters. The number of ether oxygens (including phenoxy) is 1. The first kappa shape index (κ1) is 14.8. The molecule has 122 valence electrons. The van der Waals surface area contributed by atoms with Gasteiger partial charge in [0, 0.05) is 18.7 Å². The summed E-state index contributed by atoms with van der Waals surface area (Å²) in [6.45, 7) is 2.19. The Balaban J connectivity index is 1.62. The Kier molecular flexibility index (Phi) is 3.66. The van der Waals surface area contributed by atoms with Crippen molar-refractivity contribution in [1.82, 2.24) is 15.0 Å². The molecule has 2 atom stereocenters. The van der Waals surface area contributed by atoms with Crippen molar-refractivity contribution in [1.29, 1.82) is 0 Å². The van der Waals surface area contributed by atoms with Crippen LogP contribution in [0.15, 0.2) is 16.7 Å². The minimum absolute atomic E-state index is 0.316. The number of fused-ring (bicyclic) bond motifs is 1. The summed E-state index contributed by atoms with van der Waals surface area (Å²) in [5, 5.41) is 4.57. The minimum Gasteiger partial charge on any atom is -0.496 e. The maximum atomic E-state index is 6.12. The Hall–Kier alpha value is -1.79. The lowest BCUT2D eigenvalue weighted by Crippen LogP contribution is -2.22. The first-order valence-corrected chi connectivity index (χ1v) is 8.24. The lowest BCUT2D eigenvalue weighted by Gasteiger charge is -2.12. The first-order valence-electron chi connectivity index (χ1n) is 7.86. The average molecular weight is 335 g/mol. The van der Waals surface area contributed by atoms with Crippen LogP contribution < -0.4 is 10.5 Å². The van der Waals surface area contributed by atoms with Crippen molar-refractivity contribution in [2.45, 2.75) is 31.2 Å². The van der Waals surface area contributed by atoms with Crippen LogP contribution in [0.4, 0.5) is 5.69 Å². The van der Waals surface area contributed by atoms with Gasteiger partial charge in [-0.2, -0.15) is 4.98 Å². The molecule has 0 bridgehead atoms. The fraction of sp³-hybridized carbons (Fsp3) is 0.500. The second kappa shape index (κ2) is 5.69. The molecule has 0 radical (unpaired) electrons. The fourth-order valence-electron chi connectivity index (χ4n) is 3.69. The molecule has 2 aliphatic heterocycles. The quantitative estimate of drug-likeness (QED) is 0.870. The number of nitrogens with two attached hydrogens (primary N) is 1. The third-order valence-corrected chi connectivity index (χ3v) is 5.19. The van der Waals surface area contributed by atoms with Crippen molar-refractivity contribution in [3.05, 3.63) is 23.0 Å². The molecule has 0 saturated carbocycles. The summed E-state index contributed by atoms with van der Waals surface area (Å²) in [5.74, 6) is 2.10. The van der Waals surface area contributed by atoms with E-state index in [9.17, 15) is 0 Å². The minimum atomic E-state index is 0.316. The second-order valence-corrected chi connectivity index (χ2v) is 6.66. The van der Waals surface area contributed by atoms with E-state index in [1.165, 1.54) is 19.4 Å². The molecule has 0 amide bonds. The Bertz CT molecular complexity index is 721. The van der Waals surface area contributed by atoms with Crippen LogP contribution in [0.1, 0.15) is 31.1 Å². The van der Waals surface area contributed by atoms with Crippen molar-refractivity contribution in [2.24, 2.45) is 0 Å². The van der Waals surface area contributed by atoms with Crippen molar-refractivity contribution in [3.63, 3.8) is 0 Å². The zero-order chi connectivity index (χ0) is 16.0. The highest BCUT2D eigenvalue weighted by Crippen LogP contribution is 2.38. The monoisotopic (exact) mass is 334 g/mol. The second-order valence-electron chi connectivity index (χ2n) is 6.25. The average Bonchev–Trinajstić information content (AvgIpc) is 3.23. The maximum Gasteiger partial charge on any atom is 0.231 e. The van der Waals surface area contributed by atoms with Crippen LogP contribution in [0.25, 0.3) is 11.4 Å². The number of nitrogen functional groups attached to an aromatic ring is 1. The van der Waals surface area contributed by atoms with E-state index in [1.807, 2.05) is 0 Å². The van der Waals surface area contributed by atoms with Gasteiger partial charge in [-0.05, 0) is 31.9 Å². The number of hydrogen-bond donors (Lipinski definition) is 1. The van der Waals surface area contributed by atoms with E-state index in [4.69, 9.17) is 26.6 Å². The lowest BCUT2D eigenvalue weighted by molar-refractivity contribution is 0.313. The number of hydrogen-bond acceptors (Lipinski definition) is 6. The van der Waals surface area contributed by atoms with E-state index >= 15 is 0 Å². The summed E-state index contributed by atoms with van der Waals surface area (Å²) in [5.41, 5.74) is 6.98. The Morgan fingerprint density at radius 3 is 3.09 bits per heavy atom. The van der Waals surface area contributed by atoms with Crippen LogP contribution in [-0.4, -0.2) is 41.3 Å². The summed E-state index contributed by atoms with van der Waals surface area (Å²) < 4.78 is 10.9. The van der Waals surface area contributed by atoms with Gasteiger partial charge in [-0.3, -0.25) is 4.90 Å². The van der Waals surface area contributed by atoms with Gasteiger partial charge in [0.25, 0.3) is 0 Å². The van der Waals surface area contributed by atoms with Crippen LogP contribution in [0.3, 0.4) is 0 Å². The summed E-state index contributed by atoms with van der Waals surface area (Å²) >= 11 is 6.12. The van der Waals surface area contributed by atoms with Gasteiger partial charge in [-0.25, -0.2) is 0 Å². The Morgan fingerprint density at radius 1 is 1.43 bits per heavy atom. The molecule has 2 aliphatic rings. The zero-order valence-electron chi connectivity index (χ0n) is 13.0. The number of methoxy groups -OCH3 is 1. The van der Waals surface area contributed by atoms with Gasteiger partial charge >= 0.3 is 0 Å².